The van der Waals surface area contributed by atoms with E-state index in [1.54, 1.807) is 6.07 Å². The molecule has 10 heteroatoms. The topological polar surface area (TPSA) is 57.3 Å². The molecule has 2 aliphatic carbocycles. The van der Waals surface area contributed by atoms with E-state index in [1.807, 2.05) is 24.3 Å². The van der Waals surface area contributed by atoms with Crippen LogP contribution < -0.4 is 14.4 Å². The Bertz CT molecular complexity index is 1610. The van der Waals surface area contributed by atoms with Crippen molar-refractivity contribution in [2.45, 2.75) is 101 Å². The number of carbonyl (C=O) groups is 1. The van der Waals surface area contributed by atoms with Crippen molar-refractivity contribution < 1.29 is 18.7 Å². The summed E-state index contributed by atoms with van der Waals surface area (Å²) in [6.45, 7) is 14.8. The lowest BCUT2D eigenvalue weighted by Gasteiger charge is -2.47. The molecule has 2 bridgehead atoms. The quantitative estimate of drug-likeness (QED) is 0.253. The van der Waals surface area contributed by atoms with Gasteiger partial charge in [0.2, 0.25) is 0 Å². The van der Waals surface area contributed by atoms with Gasteiger partial charge in [-0.2, -0.15) is 0 Å². The molecule has 1 spiro atoms. The number of nitrogens with one attached hydrogen (secondary N) is 1. The number of ether oxygens (including phenoxy) is 2. The van der Waals surface area contributed by atoms with Crippen LogP contribution in [0.2, 0.25) is 5.02 Å². The number of piperazine rings is 1. The first-order chi connectivity index (χ1) is 24.5. The van der Waals surface area contributed by atoms with E-state index in [1.165, 1.54) is 17.5 Å². The van der Waals surface area contributed by atoms with Gasteiger partial charge in [-0.15, -0.1) is 0 Å². The fourth-order valence-corrected chi connectivity index (χ4v) is 10.2. The lowest BCUT2D eigenvalue weighted by molar-refractivity contribution is -0.0351. The Morgan fingerprint density at radius 2 is 1.90 bits per heavy atom. The minimum absolute atomic E-state index is 0.0660. The highest BCUT2D eigenvalue weighted by molar-refractivity contribution is 7.98. The molecule has 5 aliphatic rings. The zero-order chi connectivity index (χ0) is 35.9. The van der Waals surface area contributed by atoms with Crippen LogP contribution in [0.15, 0.2) is 42.0 Å². The van der Waals surface area contributed by atoms with Gasteiger partial charge in [0.15, 0.2) is 0 Å². The van der Waals surface area contributed by atoms with E-state index in [9.17, 15) is 4.79 Å². The predicted octanol–water partition coefficient (Wildman–Crippen LogP) is 7.89. The van der Waals surface area contributed by atoms with Crippen LogP contribution in [0.25, 0.3) is 0 Å². The van der Waals surface area contributed by atoms with E-state index in [4.69, 9.17) is 21.1 Å². The molecule has 2 aromatic rings. The van der Waals surface area contributed by atoms with Crippen molar-refractivity contribution in [3.05, 3.63) is 69.5 Å². The molecule has 0 aromatic heterocycles. The van der Waals surface area contributed by atoms with Crippen molar-refractivity contribution in [1.29, 1.82) is 0 Å². The number of halogens is 2. The van der Waals surface area contributed by atoms with Crippen LogP contribution in [-0.2, 0) is 16.6 Å². The molecule has 1 saturated carbocycles. The minimum Gasteiger partial charge on any atom is -0.490 e. The van der Waals surface area contributed by atoms with E-state index in [-0.39, 0.29) is 28.1 Å². The zero-order valence-corrected chi connectivity index (χ0v) is 32.6. The van der Waals surface area contributed by atoms with E-state index in [0.717, 1.165) is 93.9 Å². The Labute approximate surface area is 313 Å². The number of rotatable bonds is 4. The van der Waals surface area contributed by atoms with Crippen molar-refractivity contribution >= 4 is 35.1 Å². The second-order valence-corrected chi connectivity index (χ2v) is 17.8. The number of likely N-dealkylation sites (N-methyl/N-ethyl adjacent to an activating group) is 1. The van der Waals surface area contributed by atoms with Crippen molar-refractivity contribution in [1.82, 2.24) is 14.5 Å². The minimum atomic E-state index is -0.395. The number of hydrogen-bond donors (Lipinski definition) is 1. The second-order valence-electron chi connectivity index (χ2n) is 16.2. The summed E-state index contributed by atoms with van der Waals surface area (Å²) < 4.78 is 32.2. The number of amides is 1. The molecule has 7 nitrogen and oxygen atoms in total. The maximum Gasteiger partial charge on any atom is 0.261 e. The van der Waals surface area contributed by atoms with Crippen LogP contribution in [0, 0.1) is 17.7 Å². The molecule has 6 unspecified atom stereocenters. The predicted molar refractivity (Wildman–Crippen MR) is 207 cm³/mol. The Kier molecular flexibility index (Phi) is 11.3. The molecule has 7 atom stereocenters. The van der Waals surface area contributed by atoms with Crippen molar-refractivity contribution in [2.75, 3.05) is 57.9 Å². The highest BCUT2D eigenvalue weighted by atomic mass is 35.5. The number of fused-ring (bicyclic) bond motifs is 4. The molecule has 51 heavy (non-hydrogen) atoms. The normalized spacial score (nSPS) is 33.2. The molecule has 1 saturated heterocycles. The summed E-state index contributed by atoms with van der Waals surface area (Å²) in [6, 6.07) is 10.6. The molecule has 1 amide bonds. The smallest absolute Gasteiger partial charge is 0.261 e. The summed E-state index contributed by atoms with van der Waals surface area (Å²) in [5.41, 5.74) is 4.24. The van der Waals surface area contributed by atoms with Gasteiger partial charge in [-0.1, -0.05) is 30.7 Å². The molecule has 3 heterocycles. The van der Waals surface area contributed by atoms with Crippen LogP contribution in [-0.4, -0.2) is 92.1 Å². The van der Waals surface area contributed by atoms with E-state index < -0.39 is 5.41 Å². The molecule has 278 valence electrons. The van der Waals surface area contributed by atoms with Gasteiger partial charge in [0.05, 0.1) is 30.0 Å². The van der Waals surface area contributed by atoms with E-state index in [0.29, 0.717) is 49.1 Å². The van der Waals surface area contributed by atoms with E-state index >= 15 is 4.39 Å². The first-order valence-corrected chi connectivity index (χ1v) is 20.5. The molecule has 3 aliphatic heterocycles. The van der Waals surface area contributed by atoms with Gasteiger partial charge in [-0.05, 0) is 138 Å². The lowest BCUT2D eigenvalue weighted by atomic mass is 9.67. The van der Waals surface area contributed by atoms with Crippen LogP contribution in [0.5, 0.6) is 5.75 Å². The summed E-state index contributed by atoms with van der Waals surface area (Å²) in [4.78, 5) is 21.0. The molecular weight excluding hydrogens is 683 g/mol. The summed E-state index contributed by atoms with van der Waals surface area (Å²) in [5, 5.41) is 0.448. The summed E-state index contributed by atoms with van der Waals surface area (Å²) in [6.07, 6.45) is 9.09. The molecular formula is C41H56ClFN4O3S. The fraction of sp³-hybridized carbons (Fsp3) is 0.634. The van der Waals surface area contributed by atoms with Crippen LogP contribution in [0.4, 0.5) is 10.1 Å². The Balaban J connectivity index is 1.19. The average Bonchev–Trinajstić information content (AvgIpc) is 3.25. The van der Waals surface area contributed by atoms with Crippen molar-refractivity contribution in [3.63, 3.8) is 0 Å². The number of carbonyl (C=O) groups excluding carboxylic acids is 1. The fourth-order valence-electron chi connectivity index (χ4n) is 9.32. The molecule has 7 rings (SSSR count). The summed E-state index contributed by atoms with van der Waals surface area (Å²) >= 11 is 7.80. The van der Waals surface area contributed by atoms with Crippen molar-refractivity contribution in [2.24, 2.45) is 11.8 Å². The van der Waals surface area contributed by atoms with Gasteiger partial charge < -0.3 is 14.4 Å². The maximum absolute atomic E-state index is 15.5. The van der Waals surface area contributed by atoms with Gasteiger partial charge in [0.1, 0.15) is 11.6 Å². The maximum atomic E-state index is 15.5. The average molecular weight is 739 g/mol. The van der Waals surface area contributed by atoms with Crippen LogP contribution >= 0.6 is 23.5 Å². The van der Waals surface area contributed by atoms with Crippen LogP contribution in [0.3, 0.4) is 0 Å². The standard InChI is InChI=1S/C41H56ClFN4O3S/c1-26-8-6-9-29(4)51-44-40(48)30-12-16-37-36(20-30)47(24-41(25-50-37)17-7-10-33-34(41)14-15-35(42)38(33)43)23-31-11-13-32(31)39(26)49-19-18-46-21-27(2)45(5)28(3)22-46/h8,12,14-16,20,27-29,31-32,39H,6-7,9-11,13,17-19,21-25H2,1-5H3,(H,44,48)/b26-8+/t27?,28?,29?,31-,32?,39?,41?/m0/s1. The Morgan fingerprint density at radius 3 is 2.67 bits per heavy atom. The Morgan fingerprint density at radius 1 is 1.10 bits per heavy atom. The molecule has 2 fully saturated rings. The van der Waals surface area contributed by atoms with Gasteiger partial charge in [-0.25, -0.2) is 4.39 Å². The zero-order valence-electron chi connectivity index (χ0n) is 31.1. The second kappa shape index (κ2) is 15.6. The summed E-state index contributed by atoms with van der Waals surface area (Å²) in [7, 11) is 2.23. The third kappa shape index (κ3) is 7.71. The third-order valence-electron chi connectivity index (χ3n) is 12.7. The van der Waals surface area contributed by atoms with Crippen molar-refractivity contribution in [3.8, 4) is 5.75 Å². The number of benzene rings is 2. The highest BCUT2D eigenvalue weighted by Gasteiger charge is 2.45. The molecule has 0 radical (unpaired) electrons. The first-order valence-electron chi connectivity index (χ1n) is 19.2. The first kappa shape index (κ1) is 37.0. The molecule has 1 N–H and O–H groups in total. The van der Waals surface area contributed by atoms with Gasteiger partial charge >= 0.3 is 0 Å². The Hall–Kier alpha value is -2.30. The highest BCUT2D eigenvalue weighted by Crippen LogP contribution is 2.48. The lowest BCUT2D eigenvalue weighted by Crippen LogP contribution is -2.55. The number of anilines is 1. The van der Waals surface area contributed by atoms with Gasteiger partial charge in [0.25, 0.3) is 5.91 Å². The summed E-state index contributed by atoms with van der Waals surface area (Å²) in [5.74, 6) is 1.20. The SMILES string of the molecule is C/C1=C\CCC(C)SNC(=O)c2ccc3c(c2)N(C[C@@H]2CCC2C1OCCN1CC(C)N(C)C(C)C1)CC1(CCCc2c1ccc(Cl)c2F)CO3. The number of hydrogen-bond acceptors (Lipinski definition) is 7. The van der Waals surface area contributed by atoms with E-state index in [2.05, 4.69) is 60.2 Å². The number of nitrogens with zero attached hydrogens (tertiary/aromatic N) is 3. The third-order valence-corrected chi connectivity index (χ3v) is 13.9. The molecule has 2 aromatic carbocycles. The largest absolute Gasteiger partial charge is 0.490 e. The van der Waals surface area contributed by atoms with Crippen LogP contribution in [0.1, 0.15) is 87.7 Å². The van der Waals surface area contributed by atoms with Gasteiger partial charge in [0, 0.05) is 61.0 Å². The number of allylic oxidation sites excluding steroid dienone is 1. The van der Waals surface area contributed by atoms with Gasteiger partial charge in [-0.3, -0.25) is 19.3 Å². The monoisotopic (exact) mass is 738 g/mol.